The van der Waals surface area contributed by atoms with Crippen LogP contribution in [0, 0.1) is 0 Å². The summed E-state index contributed by atoms with van der Waals surface area (Å²) in [7, 11) is 3.35. The molecule has 124 valence electrons. The molecule has 2 aromatic rings. The maximum absolute atomic E-state index is 12.9. The molecular formula is C18H17BrN2O3. The van der Waals surface area contributed by atoms with Crippen LogP contribution in [0.3, 0.4) is 0 Å². The first-order valence-electron chi connectivity index (χ1n) is 7.51. The van der Waals surface area contributed by atoms with Crippen molar-refractivity contribution in [2.75, 3.05) is 25.5 Å². The van der Waals surface area contributed by atoms with Gasteiger partial charge < -0.3 is 14.5 Å². The summed E-state index contributed by atoms with van der Waals surface area (Å²) in [4.78, 5) is 28.3. The van der Waals surface area contributed by atoms with Crippen molar-refractivity contribution in [3.8, 4) is 5.75 Å². The quantitative estimate of drug-likeness (QED) is 0.794. The zero-order valence-corrected chi connectivity index (χ0v) is 15.0. The number of para-hydroxylation sites is 2. The summed E-state index contributed by atoms with van der Waals surface area (Å²) in [5.74, 6) is 0.210. The second-order valence-corrected chi connectivity index (χ2v) is 6.65. The molecule has 0 saturated heterocycles. The summed E-state index contributed by atoms with van der Waals surface area (Å²) in [6, 6.07) is 14.4. The summed E-state index contributed by atoms with van der Waals surface area (Å²) in [5.41, 5.74) is 1.24. The van der Waals surface area contributed by atoms with Gasteiger partial charge in [-0.05, 0) is 36.4 Å². The number of anilines is 1. The Hall–Kier alpha value is -2.34. The lowest BCUT2D eigenvalue weighted by Crippen LogP contribution is -2.50. The summed E-state index contributed by atoms with van der Waals surface area (Å²) >= 11 is 3.37. The average Bonchev–Trinajstić information content (AvgIpc) is 2.60. The Kier molecular flexibility index (Phi) is 4.57. The van der Waals surface area contributed by atoms with Gasteiger partial charge in [0.05, 0.1) is 12.2 Å². The molecule has 1 aliphatic rings. The molecule has 0 saturated carbocycles. The number of ether oxygens (including phenoxy) is 1. The van der Waals surface area contributed by atoms with Crippen molar-refractivity contribution in [3.63, 3.8) is 0 Å². The zero-order chi connectivity index (χ0) is 17.3. The van der Waals surface area contributed by atoms with E-state index >= 15 is 0 Å². The molecule has 1 heterocycles. The van der Waals surface area contributed by atoms with Crippen molar-refractivity contribution in [3.05, 3.63) is 58.6 Å². The van der Waals surface area contributed by atoms with Gasteiger partial charge >= 0.3 is 0 Å². The Morgan fingerprint density at radius 3 is 2.46 bits per heavy atom. The summed E-state index contributed by atoms with van der Waals surface area (Å²) < 4.78 is 6.70. The van der Waals surface area contributed by atoms with Crippen LogP contribution >= 0.6 is 15.9 Å². The van der Waals surface area contributed by atoms with Crippen LogP contribution in [0.4, 0.5) is 5.69 Å². The highest BCUT2D eigenvalue weighted by Crippen LogP contribution is 2.34. The van der Waals surface area contributed by atoms with Crippen LogP contribution in [0.1, 0.15) is 10.4 Å². The molecule has 1 aliphatic heterocycles. The highest BCUT2D eigenvalue weighted by atomic mass is 79.9. The van der Waals surface area contributed by atoms with Crippen molar-refractivity contribution in [2.45, 2.75) is 6.10 Å². The van der Waals surface area contributed by atoms with E-state index in [0.29, 0.717) is 17.0 Å². The Bertz CT molecular complexity index is 774. The normalized spacial score (nSPS) is 16.1. The van der Waals surface area contributed by atoms with E-state index in [2.05, 4.69) is 15.9 Å². The predicted octanol–water partition coefficient (Wildman–Crippen LogP) is 2.95. The lowest BCUT2D eigenvalue weighted by Gasteiger charge is -2.35. The number of carbonyl (C=O) groups is 2. The molecule has 24 heavy (non-hydrogen) atoms. The number of halogens is 1. The molecule has 6 heteroatoms. The van der Waals surface area contributed by atoms with Crippen LogP contribution in [0.15, 0.2) is 53.0 Å². The highest BCUT2D eigenvalue weighted by Gasteiger charge is 2.34. The molecule has 0 aromatic heterocycles. The monoisotopic (exact) mass is 388 g/mol. The van der Waals surface area contributed by atoms with Gasteiger partial charge in [0.1, 0.15) is 5.75 Å². The van der Waals surface area contributed by atoms with E-state index < -0.39 is 6.10 Å². The molecule has 0 bridgehead atoms. The topological polar surface area (TPSA) is 49.9 Å². The van der Waals surface area contributed by atoms with Crippen LogP contribution in [0.2, 0.25) is 0 Å². The standard InChI is InChI=1S/C18H17BrN2O3/c1-20(2)18(23)16-11-21(14-5-3-4-6-15(14)24-16)17(22)12-7-9-13(19)10-8-12/h3-10,16H,11H2,1-2H3/t16-/m1/s1. The Morgan fingerprint density at radius 1 is 1.12 bits per heavy atom. The summed E-state index contributed by atoms with van der Waals surface area (Å²) in [6.07, 6.45) is -0.714. The first kappa shape index (κ1) is 16.5. The fraction of sp³-hybridized carbons (Fsp3) is 0.222. The van der Waals surface area contributed by atoms with Gasteiger partial charge in [0.2, 0.25) is 0 Å². The fourth-order valence-corrected chi connectivity index (χ4v) is 2.86. The van der Waals surface area contributed by atoms with E-state index in [9.17, 15) is 9.59 Å². The summed E-state index contributed by atoms with van der Waals surface area (Å²) in [5, 5.41) is 0. The number of fused-ring (bicyclic) bond motifs is 1. The Labute approximate surface area is 148 Å². The molecule has 0 N–H and O–H groups in total. The maximum Gasteiger partial charge on any atom is 0.265 e. The number of nitrogens with zero attached hydrogens (tertiary/aromatic N) is 2. The SMILES string of the molecule is CN(C)C(=O)[C@H]1CN(C(=O)c2ccc(Br)cc2)c2ccccc2O1. The Morgan fingerprint density at radius 2 is 1.79 bits per heavy atom. The lowest BCUT2D eigenvalue weighted by molar-refractivity contribution is -0.135. The highest BCUT2D eigenvalue weighted by molar-refractivity contribution is 9.10. The first-order valence-corrected chi connectivity index (χ1v) is 8.31. The molecule has 1 atom stereocenters. The molecule has 2 aromatic carbocycles. The number of carbonyl (C=O) groups excluding carboxylic acids is 2. The van der Waals surface area contributed by atoms with Gasteiger partial charge in [-0.3, -0.25) is 9.59 Å². The van der Waals surface area contributed by atoms with Crippen molar-refractivity contribution in [1.29, 1.82) is 0 Å². The van der Waals surface area contributed by atoms with E-state index in [1.54, 1.807) is 37.2 Å². The zero-order valence-electron chi connectivity index (χ0n) is 13.4. The van der Waals surface area contributed by atoms with Crippen molar-refractivity contribution < 1.29 is 14.3 Å². The van der Waals surface area contributed by atoms with Gasteiger partial charge in [-0.2, -0.15) is 0 Å². The van der Waals surface area contributed by atoms with Gasteiger partial charge in [0.15, 0.2) is 6.10 Å². The lowest BCUT2D eigenvalue weighted by atomic mass is 10.1. The molecular weight excluding hydrogens is 372 g/mol. The molecule has 0 aliphatic carbocycles. The molecule has 0 spiro atoms. The summed E-state index contributed by atoms with van der Waals surface area (Å²) in [6.45, 7) is 0.183. The van der Waals surface area contributed by atoms with Gasteiger partial charge in [0.25, 0.3) is 11.8 Å². The molecule has 3 rings (SSSR count). The number of likely N-dealkylation sites (N-methyl/N-ethyl adjacent to an activating group) is 1. The fourth-order valence-electron chi connectivity index (χ4n) is 2.59. The third kappa shape index (κ3) is 3.14. The van der Waals surface area contributed by atoms with E-state index in [1.807, 2.05) is 30.3 Å². The number of hydrogen-bond acceptors (Lipinski definition) is 3. The van der Waals surface area contributed by atoms with Gasteiger partial charge in [-0.1, -0.05) is 28.1 Å². The molecule has 2 amide bonds. The molecule has 0 fully saturated rings. The van der Waals surface area contributed by atoms with E-state index in [4.69, 9.17) is 4.74 Å². The predicted molar refractivity (Wildman–Crippen MR) is 95.4 cm³/mol. The third-order valence-corrected chi connectivity index (χ3v) is 4.35. The number of benzene rings is 2. The van der Waals surface area contributed by atoms with Crippen molar-refractivity contribution in [1.82, 2.24) is 4.90 Å². The molecule has 0 radical (unpaired) electrons. The van der Waals surface area contributed by atoms with Crippen LogP contribution in [0.5, 0.6) is 5.75 Å². The van der Waals surface area contributed by atoms with E-state index in [0.717, 1.165) is 4.47 Å². The van der Waals surface area contributed by atoms with E-state index in [-0.39, 0.29) is 18.4 Å². The first-order chi connectivity index (χ1) is 11.5. The van der Waals surface area contributed by atoms with E-state index in [1.165, 1.54) is 4.90 Å². The molecule has 5 nitrogen and oxygen atoms in total. The van der Waals surface area contributed by atoms with Gasteiger partial charge in [-0.15, -0.1) is 0 Å². The third-order valence-electron chi connectivity index (χ3n) is 3.83. The van der Waals surface area contributed by atoms with Crippen molar-refractivity contribution in [2.24, 2.45) is 0 Å². The minimum atomic E-state index is -0.714. The smallest absolute Gasteiger partial charge is 0.265 e. The van der Waals surface area contributed by atoms with Crippen LogP contribution < -0.4 is 9.64 Å². The van der Waals surface area contributed by atoms with Gasteiger partial charge in [0, 0.05) is 24.1 Å². The largest absolute Gasteiger partial charge is 0.476 e. The molecule has 0 unspecified atom stereocenters. The minimum absolute atomic E-state index is 0.158. The van der Waals surface area contributed by atoms with Crippen molar-refractivity contribution >= 4 is 33.4 Å². The number of amides is 2. The number of rotatable bonds is 2. The minimum Gasteiger partial charge on any atom is -0.476 e. The van der Waals surface area contributed by atoms with Crippen LogP contribution in [-0.4, -0.2) is 43.5 Å². The Balaban J connectivity index is 1.97. The van der Waals surface area contributed by atoms with Crippen LogP contribution in [-0.2, 0) is 4.79 Å². The second kappa shape index (κ2) is 6.65. The van der Waals surface area contributed by atoms with Crippen LogP contribution in [0.25, 0.3) is 0 Å². The second-order valence-electron chi connectivity index (χ2n) is 5.73. The number of hydrogen-bond donors (Lipinski definition) is 0. The van der Waals surface area contributed by atoms with Gasteiger partial charge in [-0.25, -0.2) is 0 Å². The average molecular weight is 389 g/mol. The maximum atomic E-state index is 12.9.